The molecule has 3 rings (SSSR count). The first-order valence-electron chi connectivity index (χ1n) is 9.21. The molecule has 2 aromatic heterocycles. The highest BCUT2D eigenvalue weighted by atomic mass is 127. The Bertz CT molecular complexity index is 884. The van der Waals surface area contributed by atoms with Crippen molar-refractivity contribution in [3.63, 3.8) is 0 Å². The van der Waals surface area contributed by atoms with Gasteiger partial charge in [-0.25, -0.2) is 9.98 Å². The highest BCUT2D eigenvalue weighted by Gasteiger charge is 2.05. The summed E-state index contributed by atoms with van der Waals surface area (Å²) in [6.45, 7) is 8.62. The van der Waals surface area contributed by atoms with Crippen LogP contribution in [0.3, 0.4) is 0 Å². The van der Waals surface area contributed by atoms with E-state index in [1.165, 1.54) is 27.0 Å². The molecular weight excluding hydrogens is 469 g/mol. The molecule has 0 spiro atoms. The number of halogens is 1. The molecule has 0 atom stereocenters. The average Bonchev–Trinajstić information content (AvgIpc) is 3.26. The summed E-state index contributed by atoms with van der Waals surface area (Å²) in [5, 5.41) is 11.3. The minimum Gasteiger partial charge on any atom is -0.361 e. The first kappa shape index (κ1) is 21.7. The Balaban J connectivity index is 0.00000261. The number of hydrogen-bond acceptors (Lipinski definition) is 3. The van der Waals surface area contributed by atoms with Crippen LogP contribution in [0.4, 0.5) is 0 Å². The van der Waals surface area contributed by atoms with Gasteiger partial charge in [0.05, 0.1) is 17.2 Å². The molecule has 0 aliphatic heterocycles. The van der Waals surface area contributed by atoms with Gasteiger partial charge in [0, 0.05) is 35.6 Å². The maximum atomic E-state index is 4.65. The van der Waals surface area contributed by atoms with Crippen molar-refractivity contribution >= 4 is 52.2 Å². The number of fused-ring (bicyclic) bond motifs is 1. The van der Waals surface area contributed by atoms with E-state index < -0.39 is 0 Å². The van der Waals surface area contributed by atoms with E-state index in [4.69, 9.17) is 0 Å². The van der Waals surface area contributed by atoms with Crippen molar-refractivity contribution in [3.05, 3.63) is 51.6 Å². The topological polar surface area (TPSA) is 65.1 Å². The second-order valence-corrected chi connectivity index (χ2v) is 7.26. The SMILES string of the molecule is CCNC(=NCc1csc(CC)n1)NCCc1c[nH]c2cc(C)ccc12.I. The van der Waals surface area contributed by atoms with E-state index in [0.717, 1.165) is 37.6 Å². The Kier molecular flexibility index (Phi) is 8.56. The van der Waals surface area contributed by atoms with Gasteiger partial charge in [-0.2, -0.15) is 0 Å². The number of thiazole rings is 1. The number of aromatic nitrogens is 2. The van der Waals surface area contributed by atoms with E-state index in [9.17, 15) is 0 Å². The first-order chi connectivity index (χ1) is 12.7. The molecule has 27 heavy (non-hydrogen) atoms. The Morgan fingerprint density at radius 1 is 1.26 bits per heavy atom. The zero-order chi connectivity index (χ0) is 18.4. The number of aromatic amines is 1. The molecule has 0 saturated heterocycles. The second kappa shape index (κ2) is 10.7. The van der Waals surface area contributed by atoms with Crippen LogP contribution in [0, 0.1) is 6.92 Å². The van der Waals surface area contributed by atoms with Crippen molar-refractivity contribution in [3.8, 4) is 0 Å². The lowest BCUT2D eigenvalue weighted by molar-refractivity contribution is 0.799. The molecule has 0 amide bonds. The summed E-state index contributed by atoms with van der Waals surface area (Å²) >= 11 is 1.71. The molecule has 1 aromatic carbocycles. The molecular formula is C20H28IN5S. The van der Waals surface area contributed by atoms with Gasteiger partial charge in [0.2, 0.25) is 0 Å². The normalized spacial score (nSPS) is 11.4. The Labute approximate surface area is 182 Å². The summed E-state index contributed by atoms with van der Waals surface area (Å²) in [6.07, 6.45) is 4.04. The van der Waals surface area contributed by atoms with Crippen LogP contribution >= 0.6 is 35.3 Å². The molecule has 7 heteroatoms. The van der Waals surface area contributed by atoms with E-state index in [0.29, 0.717) is 6.54 Å². The molecule has 2 heterocycles. The molecule has 146 valence electrons. The monoisotopic (exact) mass is 497 g/mol. The van der Waals surface area contributed by atoms with Crippen LogP contribution < -0.4 is 10.6 Å². The zero-order valence-corrected chi connectivity index (χ0v) is 19.3. The molecule has 0 bridgehead atoms. The lowest BCUT2D eigenvalue weighted by atomic mass is 10.1. The van der Waals surface area contributed by atoms with Gasteiger partial charge in [-0.3, -0.25) is 0 Å². The van der Waals surface area contributed by atoms with Crippen LogP contribution in [0.1, 0.15) is 35.7 Å². The molecule has 0 saturated carbocycles. The standard InChI is InChI=1S/C20H27N5S.HI/c1-4-19-25-16(13-26-19)12-24-20(21-5-2)22-9-8-15-11-23-18-10-14(3)6-7-17(15)18;/h6-7,10-11,13,23H,4-5,8-9,12H2,1-3H3,(H2,21,22,24);1H. The summed E-state index contributed by atoms with van der Waals surface area (Å²) in [5.74, 6) is 0.842. The van der Waals surface area contributed by atoms with Gasteiger partial charge in [-0.15, -0.1) is 35.3 Å². The number of rotatable bonds is 7. The van der Waals surface area contributed by atoms with Crippen molar-refractivity contribution in [2.45, 2.75) is 40.2 Å². The number of nitrogens with one attached hydrogen (secondary N) is 3. The van der Waals surface area contributed by atoms with Crippen LogP contribution in [0.15, 0.2) is 34.8 Å². The summed E-state index contributed by atoms with van der Waals surface area (Å²) in [7, 11) is 0. The third-order valence-corrected chi connectivity index (χ3v) is 5.30. The van der Waals surface area contributed by atoms with Crippen LogP contribution in [0.25, 0.3) is 10.9 Å². The van der Waals surface area contributed by atoms with Crippen molar-refractivity contribution in [1.82, 2.24) is 20.6 Å². The predicted octanol–water partition coefficient (Wildman–Crippen LogP) is 4.41. The average molecular weight is 497 g/mol. The highest BCUT2D eigenvalue weighted by molar-refractivity contribution is 14.0. The fourth-order valence-electron chi connectivity index (χ4n) is 2.91. The molecule has 3 aromatic rings. The zero-order valence-electron chi connectivity index (χ0n) is 16.1. The summed E-state index contributed by atoms with van der Waals surface area (Å²) in [6, 6.07) is 6.55. The van der Waals surface area contributed by atoms with E-state index in [1.807, 2.05) is 0 Å². The summed E-state index contributed by atoms with van der Waals surface area (Å²) < 4.78 is 0. The number of guanidine groups is 1. The van der Waals surface area contributed by atoms with Gasteiger partial charge in [-0.1, -0.05) is 19.1 Å². The number of aliphatic imine (C=N–C) groups is 1. The molecule has 0 fully saturated rings. The van der Waals surface area contributed by atoms with Gasteiger partial charge >= 0.3 is 0 Å². The van der Waals surface area contributed by atoms with Crippen molar-refractivity contribution in [2.24, 2.45) is 4.99 Å². The van der Waals surface area contributed by atoms with E-state index in [2.05, 4.69) is 76.1 Å². The molecule has 0 unspecified atom stereocenters. The maximum absolute atomic E-state index is 4.65. The molecule has 5 nitrogen and oxygen atoms in total. The minimum atomic E-state index is 0. The number of benzene rings is 1. The fourth-order valence-corrected chi connectivity index (χ4v) is 3.64. The first-order valence-corrected chi connectivity index (χ1v) is 10.1. The van der Waals surface area contributed by atoms with Gasteiger partial charge in [0.1, 0.15) is 0 Å². The van der Waals surface area contributed by atoms with Gasteiger partial charge in [0.25, 0.3) is 0 Å². The van der Waals surface area contributed by atoms with E-state index in [-0.39, 0.29) is 24.0 Å². The number of aryl methyl sites for hydroxylation is 2. The summed E-state index contributed by atoms with van der Waals surface area (Å²) in [4.78, 5) is 12.6. The Morgan fingerprint density at radius 2 is 2.11 bits per heavy atom. The Hall–Kier alpha value is -1.61. The minimum absolute atomic E-state index is 0. The van der Waals surface area contributed by atoms with E-state index in [1.54, 1.807) is 11.3 Å². The van der Waals surface area contributed by atoms with Crippen molar-refractivity contribution in [1.29, 1.82) is 0 Å². The second-order valence-electron chi connectivity index (χ2n) is 6.32. The number of H-pyrrole nitrogens is 1. The van der Waals surface area contributed by atoms with Crippen molar-refractivity contribution in [2.75, 3.05) is 13.1 Å². The lowest BCUT2D eigenvalue weighted by Gasteiger charge is -2.10. The van der Waals surface area contributed by atoms with Crippen LogP contribution in [-0.4, -0.2) is 29.0 Å². The highest BCUT2D eigenvalue weighted by Crippen LogP contribution is 2.19. The molecule has 0 aliphatic carbocycles. The largest absolute Gasteiger partial charge is 0.361 e. The smallest absolute Gasteiger partial charge is 0.191 e. The van der Waals surface area contributed by atoms with Crippen molar-refractivity contribution < 1.29 is 0 Å². The lowest BCUT2D eigenvalue weighted by Crippen LogP contribution is -2.38. The Morgan fingerprint density at radius 3 is 2.85 bits per heavy atom. The molecule has 3 N–H and O–H groups in total. The van der Waals surface area contributed by atoms with Crippen LogP contribution in [0.2, 0.25) is 0 Å². The van der Waals surface area contributed by atoms with E-state index >= 15 is 0 Å². The van der Waals surface area contributed by atoms with Crippen LogP contribution in [-0.2, 0) is 19.4 Å². The number of nitrogens with zero attached hydrogens (tertiary/aromatic N) is 2. The maximum Gasteiger partial charge on any atom is 0.191 e. The third kappa shape index (κ3) is 5.93. The fraction of sp³-hybridized carbons (Fsp3) is 0.400. The van der Waals surface area contributed by atoms with Gasteiger partial charge in [0.15, 0.2) is 5.96 Å². The summed E-state index contributed by atoms with van der Waals surface area (Å²) in [5.41, 5.74) is 4.85. The van der Waals surface area contributed by atoms with Gasteiger partial charge < -0.3 is 15.6 Å². The number of hydrogen-bond donors (Lipinski definition) is 3. The quantitative estimate of drug-likeness (QED) is 0.258. The third-order valence-electron chi connectivity index (χ3n) is 4.25. The van der Waals surface area contributed by atoms with Gasteiger partial charge in [-0.05, 0) is 43.9 Å². The molecule has 0 aliphatic rings. The van der Waals surface area contributed by atoms with Crippen LogP contribution in [0.5, 0.6) is 0 Å². The predicted molar refractivity (Wildman–Crippen MR) is 126 cm³/mol. The molecule has 0 radical (unpaired) electrons.